The van der Waals surface area contributed by atoms with Crippen molar-refractivity contribution in [2.24, 2.45) is 0 Å². The number of nitrogens with zero attached hydrogens (tertiary/aromatic N) is 1. The molecule has 1 saturated heterocycles. The monoisotopic (exact) mass is 291 g/mol. The molecular weight excluding hydrogens is 270 g/mol. The summed E-state index contributed by atoms with van der Waals surface area (Å²) in [7, 11) is 0. The van der Waals surface area contributed by atoms with Crippen molar-refractivity contribution < 1.29 is 14.3 Å². The zero-order chi connectivity index (χ0) is 15.2. The third-order valence-electron chi connectivity index (χ3n) is 3.53. The summed E-state index contributed by atoms with van der Waals surface area (Å²) in [6.45, 7) is 2.77. The number of anilines is 1. The van der Waals surface area contributed by atoms with E-state index in [1.165, 1.54) is 6.92 Å². The number of benzene rings is 1. The van der Waals surface area contributed by atoms with Crippen LogP contribution in [0.4, 0.5) is 5.69 Å². The first-order valence-electron chi connectivity index (χ1n) is 7.08. The van der Waals surface area contributed by atoms with Gasteiger partial charge in [-0.15, -0.1) is 0 Å². The van der Waals surface area contributed by atoms with Crippen molar-refractivity contribution in [1.82, 2.24) is 10.2 Å². The van der Waals surface area contributed by atoms with Crippen molar-refractivity contribution in [2.75, 3.05) is 25.4 Å². The molecule has 6 heteroatoms. The highest BCUT2D eigenvalue weighted by molar-refractivity contribution is 5.78. The van der Waals surface area contributed by atoms with Gasteiger partial charge in [0.05, 0.1) is 5.69 Å². The molecule has 114 valence electrons. The van der Waals surface area contributed by atoms with Gasteiger partial charge in [-0.1, -0.05) is 12.1 Å². The third-order valence-corrected chi connectivity index (χ3v) is 3.53. The van der Waals surface area contributed by atoms with Crippen molar-refractivity contribution in [3.63, 3.8) is 0 Å². The first kappa shape index (κ1) is 15.2. The first-order chi connectivity index (χ1) is 10.1. The standard InChI is InChI=1S/C15H21N3O3/c1-11(19)17-12-6-8-18(9-7-12)15(20)10-21-14-5-3-2-4-13(14)16/h2-5,12H,6-10,16H2,1H3,(H,17,19). The predicted octanol–water partition coefficient (Wildman–Crippen LogP) is 0.775. The molecule has 0 aromatic heterocycles. The van der Waals surface area contributed by atoms with Gasteiger partial charge in [-0.2, -0.15) is 0 Å². The van der Waals surface area contributed by atoms with Gasteiger partial charge in [-0.05, 0) is 25.0 Å². The molecule has 1 fully saturated rings. The Hall–Kier alpha value is -2.24. The van der Waals surface area contributed by atoms with Crippen LogP contribution in [0.15, 0.2) is 24.3 Å². The lowest BCUT2D eigenvalue weighted by Crippen LogP contribution is -2.47. The lowest BCUT2D eigenvalue weighted by molar-refractivity contribution is -0.134. The number of piperidine rings is 1. The maximum absolute atomic E-state index is 12.1. The summed E-state index contributed by atoms with van der Waals surface area (Å²) in [4.78, 5) is 24.8. The number of para-hydroxylation sites is 2. The van der Waals surface area contributed by atoms with Gasteiger partial charge < -0.3 is 20.7 Å². The smallest absolute Gasteiger partial charge is 0.260 e. The van der Waals surface area contributed by atoms with Crippen molar-refractivity contribution in [2.45, 2.75) is 25.8 Å². The number of nitrogen functional groups attached to an aromatic ring is 1. The van der Waals surface area contributed by atoms with Crippen molar-refractivity contribution in [3.05, 3.63) is 24.3 Å². The van der Waals surface area contributed by atoms with Gasteiger partial charge in [-0.3, -0.25) is 9.59 Å². The molecule has 1 aliphatic rings. The second-order valence-electron chi connectivity index (χ2n) is 5.18. The summed E-state index contributed by atoms with van der Waals surface area (Å²) in [6, 6.07) is 7.27. The molecule has 1 heterocycles. The van der Waals surface area contributed by atoms with E-state index in [0.717, 1.165) is 12.8 Å². The van der Waals surface area contributed by atoms with Gasteiger partial charge in [0.15, 0.2) is 6.61 Å². The van der Waals surface area contributed by atoms with E-state index in [1.54, 1.807) is 17.0 Å². The molecule has 0 spiro atoms. The Morgan fingerprint density at radius 2 is 2.00 bits per heavy atom. The zero-order valence-electron chi connectivity index (χ0n) is 12.2. The molecule has 0 bridgehead atoms. The van der Waals surface area contributed by atoms with Crippen LogP contribution in [0, 0.1) is 0 Å². The fourth-order valence-electron chi connectivity index (χ4n) is 2.40. The molecule has 3 N–H and O–H groups in total. The van der Waals surface area contributed by atoms with Crippen molar-refractivity contribution in [3.8, 4) is 5.75 Å². The quantitative estimate of drug-likeness (QED) is 0.803. The molecule has 2 rings (SSSR count). The van der Waals surface area contributed by atoms with E-state index < -0.39 is 0 Å². The Labute approximate surface area is 124 Å². The SMILES string of the molecule is CC(=O)NC1CCN(C(=O)COc2ccccc2N)CC1. The number of likely N-dealkylation sites (tertiary alicyclic amines) is 1. The lowest BCUT2D eigenvalue weighted by atomic mass is 10.1. The summed E-state index contributed by atoms with van der Waals surface area (Å²) >= 11 is 0. The Kier molecular flexibility index (Phi) is 5.03. The van der Waals surface area contributed by atoms with Gasteiger partial charge in [0.2, 0.25) is 5.91 Å². The highest BCUT2D eigenvalue weighted by Gasteiger charge is 2.23. The number of carbonyl (C=O) groups excluding carboxylic acids is 2. The summed E-state index contributed by atoms with van der Waals surface area (Å²) in [6.07, 6.45) is 1.55. The van der Waals surface area contributed by atoms with Gasteiger partial charge in [0.25, 0.3) is 5.91 Å². The molecule has 0 radical (unpaired) electrons. The minimum atomic E-state index is -0.0560. The predicted molar refractivity (Wildman–Crippen MR) is 79.8 cm³/mol. The summed E-state index contributed by atoms with van der Waals surface area (Å²) < 4.78 is 5.46. The lowest BCUT2D eigenvalue weighted by Gasteiger charge is -2.32. The fourth-order valence-corrected chi connectivity index (χ4v) is 2.40. The van der Waals surface area contributed by atoms with Crippen LogP contribution in [0.25, 0.3) is 0 Å². The second kappa shape index (κ2) is 6.97. The van der Waals surface area contributed by atoms with E-state index >= 15 is 0 Å². The Morgan fingerprint density at radius 3 is 2.62 bits per heavy atom. The normalized spacial score (nSPS) is 15.6. The average molecular weight is 291 g/mol. The Bertz CT molecular complexity index is 511. The highest BCUT2D eigenvalue weighted by Crippen LogP contribution is 2.20. The van der Waals surface area contributed by atoms with Crippen LogP contribution in [0.2, 0.25) is 0 Å². The number of hydrogen-bond acceptors (Lipinski definition) is 4. The molecule has 2 amide bonds. The number of hydrogen-bond donors (Lipinski definition) is 2. The van der Waals surface area contributed by atoms with Crippen LogP contribution in [0.1, 0.15) is 19.8 Å². The van der Waals surface area contributed by atoms with E-state index in [2.05, 4.69) is 5.32 Å². The minimum Gasteiger partial charge on any atom is -0.482 e. The van der Waals surface area contributed by atoms with Crippen LogP contribution in [-0.4, -0.2) is 42.5 Å². The Balaban J connectivity index is 1.77. The highest BCUT2D eigenvalue weighted by atomic mass is 16.5. The molecule has 1 aliphatic heterocycles. The summed E-state index contributed by atoms with van der Waals surface area (Å²) in [5, 5.41) is 2.88. The fraction of sp³-hybridized carbons (Fsp3) is 0.467. The van der Waals surface area contributed by atoms with Gasteiger partial charge in [0.1, 0.15) is 5.75 Å². The third kappa shape index (κ3) is 4.37. The summed E-state index contributed by atoms with van der Waals surface area (Å²) in [5.74, 6) is 0.446. The molecule has 0 atom stereocenters. The molecule has 1 aromatic carbocycles. The minimum absolute atomic E-state index is 0.0149. The molecule has 0 saturated carbocycles. The maximum Gasteiger partial charge on any atom is 0.260 e. The van der Waals surface area contributed by atoms with Crippen LogP contribution in [0.5, 0.6) is 5.75 Å². The van der Waals surface area contributed by atoms with E-state index in [4.69, 9.17) is 10.5 Å². The molecule has 0 aliphatic carbocycles. The topological polar surface area (TPSA) is 84.7 Å². The molecule has 6 nitrogen and oxygen atoms in total. The number of rotatable bonds is 4. The molecule has 21 heavy (non-hydrogen) atoms. The van der Waals surface area contributed by atoms with E-state index in [1.807, 2.05) is 12.1 Å². The number of nitrogens with one attached hydrogen (secondary N) is 1. The van der Waals surface area contributed by atoms with Crippen LogP contribution in [0.3, 0.4) is 0 Å². The first-order valence-corrected chi connectivity index (χ1v) is 7.08. The van der Waals surface area contributed by atoms with E-state index in [9.17, 15) is 9.59 Å². The van der Waals surface area contributed by atoms with E-state index in [-0.39, 0.29) is 24.5 Å². The van der Waals surface area contributed by atoms with Gasteiger partial charge in [-0.25, -0.2) is 0 Å². The largest absolute Gasteiger partial charge is 0.482 e. The van der Waals surface area contributed by atoms with Crippen LogP contribution >= 0.6 is 0 Å². The average Bonchev–Trinajstić information content (AvgIpc) is 2.46. The number of amides is 2. The second-order valence-corrected chi connectivity index (χ2v) is 5.18. The van der Waals surface area contributed by atoms with Gasteiger partial charge in [0, 0.05) is 26.1 Å². The van der Waals surface area contributed by atoms with Crippen LogP contribution in [-0.2, 0) is 9.59 Å². The molecule has 0 unspecified atom stereocenters. The van der Waals surface area contributed by atoms with Crippen molar-refractivity contribution in [1.29, 1.82) is 0 Å². The number of carbonyl (C=O) groups is 2. The Morgan fingerprint density at radius 1 is 1.33 bits per heavy atom. The van der Waals surface area contributed by atoms with Crippen molar-refractivity contribution >= 4 is 17.5 Å². The zero-order valence-corrected chi connectivity index (χ0v) is 12.2. The van der Waals surface area contributed by atoms with E-state index in [0.29, 0.717) is 24.5 Å². The number of nitrogens with two attached hydrogens (primary N) is 1. The maximum atomic E-state index is 12.1. The molecule has 1 aromatic rings. The number of ether oxygens (including phenoxy) is 1. The van der Waals surface area contributed by atoms with Gasteiger partial charge >= 0.3 is 0 Å². The summed E-state index contributed by atoms with van der Waals surface area (Å²) in [5.41, 5.74) is 6.28. The van der Waals surface area contributed by atoms with Crippen LogP contribution < -0.4 is 15.8 Å². The molecular formula is C15H21N3O3.